The largest absolute Gasteiger partial charge is 0.491 e. The van der Waals surface area contributed by atoms with Crippen molar-refractivity contribution in [1.29, 1.82) is 0 Å². The third-order valence-corrected chi connectivity index (χ3v) is 4.37. The normalized spacial score (nSPS) is 16.1. The number of aryl methyl sites for hydroxylation is 1. The molecule has 1 amide bonds. The molecule has 0 saturated carbocycles. The van der Waals surface area contributed by atoms with Crippen LogP contribution in [0.1, 0.15) is 45.1 Å². The van der Waals surface area contributed by atoms with E-state index in [0.717, 1.165) is 19.4 Å². The van der Waals surface area contributed by atoms with E-state index < -0.39 is 5.97 Å². The lowest BCUT2D eigenvalue weighted by Crippen LogP contribution is -2.22. The van der Waals surface area contributed by atoms with Crippen LogP contribution in [0.25, 0.3) is 0 Å². The highest BCUT2D eigenvalue weighted by Gasteiger charge is 2.17. The smallest absolute Gasteiger partial charge is 0.341 e. The van der Waals surface area contributed by atoms with Gasteiger partial charge in [0, 0.05) is 12.2 Å². The Morgan fingerprint density at radius 3 is 2.70 bits per heavy atom. The number of methoxy groups -OCH3 is 1. The average Bonchev–Trinajstić information content (AvgIpc) is 3.33. The number of esters is 1. The van der Waals surface area contributed by atoms with Gasteiger partial charge in [-0.1, -0.05) is 0 Å². The zero-order valence-corrected chi connectivity index (χ0v) is 15.4. The molecular weight excluding hydrogens is 350 g/mol. The molecule has 1 N–H and O–H groups in total. The molecule has 3 rings (SSSR count). The minimum atomic E-state index is -0.465. The Labute approximate surface area is 157 Å². The number of nitrogens with one attached hydrogen (secondary N) is 1. The van der Waals surface area contributed by atoms with Crippen molar-refractivity contribution in [2.24, 2.45) is 0 Å². The van der Waals surface area contributed by atoms with Gasteiger partial charge in [-0.3, -0.25) is 4.79 Å². The minimum absolute atomic E-state index is 0.152. The predicted octanol–water partition coefficient (Wildman–Crippen LogP) is 2.86. The Bertz CT molecular complexity index is 789. The van der Waals surface area contributed by atoms with E-state index in [1.54, 1.807) is 37.3 Å². The average molecular weight is 373 g/mol. The van der Waals surface area contributed by atoms with Crippen LogP contribution in [-0.4, -0.2) is 38.3 Å². The van der Waals surface area contributed by atoms with E-state index in [0.29, 0.717) is 35.0 Å². The number of ether oxygens (including phenoxy) is 3. The standard InChI is InChI=1S/C20H23NO6/c1-13-18(20(23)24-2)10-17(27-13)11-21-19(22)14-5-7-15(8-6-14)26-12-16-4-3-9-25-16/h5-8,10,16H,3-4,9,11-12H2,1-2H3,(H,21,22). The molecule has 1 atom stereocenters. The SMILES string of the molecule is COC(=O)c1cc(CNC(=O)c2ccc(OCC3CCCO3)cc2)oc1C. The molecule has 1 aliphatic heterocycles. The Kier molecular flexibility index (Phi) is 6.13. The van der Waals surface area contributed by atoms with Crippen LogP contribution in [0.4, 0.5) is 0 Å². The van der Waals surface area contributed by atoms with E-state index >= 15 is 0 Å². The monoisotopic (exact) mass is 373 g/mol. The van der Waals surface area contributed by atoms with Crippen LogP contribution in [-0.2, 0) is 16.0 Å². The van der Waals surface area contributed by atoms with Crippen LogP contribution in [0.2, 0.25) is 0 Å². The third-order valence-electron chi connectivity index (χ3n) is 4.37. The van der Waals surface area contributed by atoms with E-state index in [-0.39, 0.29) is 18.6 Å². The van der Waals surface area contributed by atoms with Crippen LogP contribution in [0.5, 0.6) is 5.75 Å². The first-order valence-corrected chi connectivity index (χ1v) is 8.87. The topological polar surface area (TPSA) is 87.0 Å². The first-order valence-electron chi connectivity index (χ1n) is 8.87. The van der Waals surface area contributed by atoms with Crippen LogP contribution < -0.4 is 10.1 Å². The molecule has 0 bridgehead atoms. The zero-order valence-electron chi connectivity index (χ0n) is 15.4. The van der Waals surface area contributed by atoms with Crippen molar-refractivity contribution in [1.82, 2.24) is 5.32 Å². The predicted molar refractivity (Wildman–Crippen MR) is 96.9 cm³/mol. The van der Waals surface area contributed by atoms with Gasteiger partial charge in [0.1, 0.15) is 29.4 Å². The van der Waals surface area contributed by atoms with Gasteiger partial charge >= 0.3 is 5.97 Å². The lowest BCUT2D eigenvalue weighted by molar-refractivity contribution is 0.0598. The fraction of sp³-hybridized carbons (Fsp3) is 0.400. The van der Waals surface area contributed by atoms with Crippen molar-refractivity contribution in [3.05, 3.63) is 53.0 Å². The second-order valence-corrected chi connectivity index (χ2v) is 6.33. The van der Waals surface area contributed by atoms with Crippen molar-refractivity contribution < 1.29 is 28.2 Å². The number of rotatable bonds is 7. The van der Waals surface area contributed by atoms with E-state index in [9.17, 15) is 9.59 Å². The van der Waals surface area contributed by atoms with Crippen LogP contribution in [0, 0.1) is 6.92 Å². The highest BCUT2D eigenvalue weighted by Crippen LogP contribution is 2.18. The summed E-state index contributed by atoms with van der Waals surface area (Å²) < 4.78 is 21.4. The molecule has 27 heavy (non-hydrogen) atoms. The first kappa shape index (κ1) is 19.0. The maximum atomic E-state index is 12.3. The fourth-order valence-electron chi connectivity index (χ4n) is 2.88. The summed E-state index contributed by atoms with van der Waals surface area (Å²) in [6.45, 7) is 3.16. The van der Waals surface area contributed by atoms with Crippen LogP contribution >= 0.6 is 0 Å². The van der Waals surface area contributed by atoms with Crippen molar-refractivity contribution >= 4 is 11.9 Å². The summed E-state index contributed by atoms with van der Waals surface area (Å²) in [5.41, 5.74) is 0.866. The second kappa shape index (κ2) is 8.73. The molecule has 0 radical (unpaired) electrons. The van der Waals surface area contributed by atoms with Gasteiger partial charge in [-0.05, 0) is 50.1 Å². The summed E-state index contributed by atoms with van der Waals surface area (Å²) >= 11 is 0. The molecule has 1 aromatic carbocycles. The molecular formula is C20H23NO6. The summed E-state index contributed by atoms with van der Waals surface area (Å²) in [6.07, 6.45) is 2.24. The Hall–Kier alpha value is -2.80. The van der Waals surface area contributed by atoms with Gasteiger partial charge in [-0.2, -0.15) is 0 Å². The number of amides is 1. The van der Waals surface area contributed by atoms with Gasteiger partial charge in [0.2, 0.25) is 0 Å². The number of benzene rings is 1. The van der Waals surface area contributed by atoms with Crippen LogP contribution in [0.15, 0.2) is 34.7 Å². The molecule has 144 valence electrons. The molecule has 1 aliphatic rings. The van der Waals surface area contributed by atoms with Crippen molar-refractivity contribution in [3.8, 4) is 5.75 Å². The lowest BCUT2D eigenvalue weighted by atomic mass is 10.2. The maximum absolute atomic E-state index is 12.3. The molecule has 7 nitrogen and oxygen atoms in total. The Balaban J connectivity index is 1.51. The summed E-state index contributed by atoms with van der Waals surface area (Å²) in [5, 5.41) is 2.76. The van der Waals surface area contributed by atoms with Crippen molar-refractivity contribution in [2.75, 3.05) is 20.3 Å². The van der Waals surface area contributed by atoms with E-state index in [1.165, 1.54) is 7.11 Å². The summed E-state index contributed by atoms with van der Waals surface area (Å²) in [7, 11) is 1.31. The first-order chi connectivity index (χ1) is 13.1. The van der Waals surface area contributed by atoms with Gasteiger partial charge in [0.15, 0.2) is 0 Å². The molecule has 2 aromatic rings. The number of carbonyl (C=O) groups is 2. The third kappa shape index (κ3) is 4.89. The summed E-state index contributed by atoms with van der Waals surface area (Å²) in [5.74, 6) is 0.935. The molecule has 1 fully saturated rings. The van der Waals surface area contributed by atoms with Crippen molar-refractivity contribution in [2.45, 2.75) is 32.4 Å². The highest BCUT2D eigenvalue weighted by molar-refractivity contribution is 5.94. The maximum Gasteiger partial charge on any atom is 0.341 e. The Morgan fingerprint density at radius 1 is 1.26 bits per heavy atom. The highest BCUT2D eigenvalue weighted by atomic mass is 16.5. The van der Waals surface area contributed by atoms with E-state index in [1.807, 2.05) is 0 Å². The zero-order chi connectivity index (χ0) is 19.2. The molecule has 0 spiro atoms. The van der Waals surface area contributed by atoms with Gasteiger partial charge < -0.3 is 23.9 Å². The summed E-state index contributed by atoms with van der Waals surface area (Å²) in [4.78, 5) is 23.9. The Morgan fingerprint density at radius 2 is 2.04 bits per heavy atom. The van der Waals surface area contributed by atoms with Gasteiger partial charge in [0.25, 0.3) is 5.91 Å². The number of furan rings is 1. The molecule has 1 saturated heterocycles. The van der Waals surface area contributed by atoms with Gasteiger partial charge in [-0.25, -0.2) is 4.79 Å². The summed E-state index contributed by atoms with van der Waals surface area (Å²) in [6, 6.07) is 8.50. The number of hydrogen-bond acceptors (Lipinski definition) is 6. The molecule has 1 unspecified atom stereocenters. The fourth-order valence-corrected chi connectivity index (χ4v) is 2.88. The van der Waals surface area contributed by atoms with Gasteiger partial charge in [-0.15, -0.1) is 0 Å². The van der Waals surface area contributed by atoms with E-state index in [2.05, 4.69) is 10.1 Å². The number of hydrogen-bond donors (Lipinski definition) is 1. The second-order valence-electron chi connectivity index (χ2n) is 6.33. The quantitative estimate of drug-likeness (QED) is 0.751. The minimum Gasteiger partial charge on any atom is -0.491 e. The van der Waals surface area contributed by atoms with Gasteiger partial charge in [0.05, 0.1) is 19.8 Å². The number of carbonyl (C=O) groups excluding carboxylic acids is 2. The van der Waals surface area contributed by atoms with E-state index in [4.69, 9.17) is 13.9 Å². The molecule has 1 aromatic heterocycles. The molecule has 2 heterocycles. The molecule has 7 heteroatoms. The lowest BCUT2D eigenvalue weighted by Gasteiger charge is -2.11. The van der Waals surface area contributed by atoms with Crippen LogP contribution in [0.3, 0.4) is 0 Å². The molecule has 0 aliphatic carbocycles. The van der Waals surface area contributed by atoms with Crippen molar-refractivity contribution in [3.63, 3.8) is 0 Å².